The predicted octanol–water partition coefficient (Wildman–Crippen LogP) is 2.40. The molecule has 0 aliphatic carbocycles. The normalized spacial score (nSPS) is 14.9. The molecule has 4 aromatic rings. The highest BCUT2D eigenvalue weighted by molar-refractivity contribution is 5.99. The number of hydrogen-bond acceptors (Lipinski definition) is 6. The zero-order valence-corrected chi connectivity index (χ0v) is 17.7. The van der Waals surface area contributed by atoms with Crippen LogP contribution in [0.15, 0.2) is 59.5 Å². The number of para-hydroxylation sites is 1. The van der Waals surface area contributed by atoms with Gasteiger partial charge in [0.25, 0.3) is 11.5 Å². The molecule has 0 saturated heterocycles. The smallest absolute Gasteiger partial charge is 0.265 e. The van der Waals surface area contributed by atoms with Gasteiger partial charge in [0.2, 0.25) is 5.91 Å². The van der Waals surface area contributed by atoms with Gasteiger partial charge in [-0.3, -0.25) is 14.4 Å². The molecule has 1 aliphatic rings. The van der Waals surface area contributed by atoms with Gasteiger partial charge in [-0.25, -0.2) is 9.67 Å². The van der Waals surface area contributed by atoms with Crippen LogP contribution in [0.1, 0.15) is 19.2 Å². The van der Waals surface area contributed by atoms with Crippen LogP contribution >= 0.6 is 0 Å². The van der Waals surface area contributed by atoms with Crippen molar-refractivity contribution >= 4 is 34.2 Å². The van der Waals surface area contributed by atoms with Crippen molar-refractivity contribution in [2.75, 3.05) is 10.6 Å². The van der Waals surface area contributed by atoms with Crippen LogP contribution in [0.25, 0.3) is 16.7 Å². The molecule has 33 heavy (non-hydrogen) atoms. The van der Waals surface area contributed by atoms with Crippen molar-refractivity contribution in [3.05, 3.63) is 70.9 Å². The average Bonchev–Trinajstić information content (AvgIpc) is 3.24. The molecular weight excluding hydrogens is 424 g/mol. The van der Waals surface area contributed by atoms with Gasteiger partial charge < -0.3 is 20.4 Å². The van der Waals surface area contributed by atoms with Gasteiger partial charge in [-0.2, -0.15) is 5.10 Å². The molecule has 10 nitrogen and oxygen atoms in total. The van der Waals surface area contributed by atoms with Gasteiger partial charge in [0.1, 0.15) is 17.0 Å². The summed E-state index contributed by atoms with van der Waals surface area (Å²) in [6, 6.07) is 14.4. The minimum atomic E-state index is -0.567. The Labute approximate surface area is 187 Å². The summed E-state index contributed by atoms with van der Waals surface area (Å²) in [4.78, 5) is 44.0. The molecule has 3 N–H and O–H groups in total. The summed E-state index contributed by atoms with van der Waals surface area (Å²) in [5, 5.41) is 10.2. The van der Waals surface area contributed by atoms with Crippen LogP contribution in [0.4, 0.5) is 11.4 Å². The van der Waals surface area contributed by atoms with Crippen molar-refractivity contribution < 1.29 is 14.3 Å². The molecule has 2 aromatic carbocycles. The van der Waals surface area contributed by atoms with Crippen molar-refractivity contribution in [1.82, 2.24) is 19.7 Å². The lowest BCUT2D eigenvalue weighted by atomic mass is 10.2. The van der Waals surface area contributed by atoms with Crippen molar-refractivity contribution in [1.29, 1.82) is 0 Å². The van der Waals surface area contributed by atoms with Gasteiger partial charge in [0.15, 0.2) is 11.8 Å². The predicted molar refractivity (Wildman–Crippen MR) is 122 cm³/mol. The van der Waals surface area contributed by atoms with Crippen molar-refractivity contribution in [3.63, 3.8) is 0 Å². The quantitative estimate of drug-likeness (QED) is 0.433. The number of carbonyl (C=O) groups is 2. The minimum Gasteiger partial charge on any atom is -0.479 e. The monoisotopic (exact) mass is 444 g/mol. The van der Waals surface area contributed by atoms with Crippen LogP contribution in [-0.2, 0) is 16.0 Å². The maximum Gasteiger partial charge on any atom is 0.265 e. The lowest BCUT2D eigenvalue weighted by molar-refractivity contribution is -0.122. The second-order valence-electron chi connectivity index (χ2n) is 7.65. The number of H-pyrrole nitrogens is 1. The van der Waals surface area contributed by atoms with Crippen LogP contribution in [-0.4, -0.2) is 37.7 Å². The van der Waals surface area contributed by atoms with E-state index in [0.717, 1.165) is 5.69 Å². The Morgan fingerprint density at radius 2 is 2.00 bits per heavy atom. The van der Waals surface area contributed by atoms with Gasteiger partial charge in [-0.15, -0.1) is 0 Å². The number of amides is 2. The van der Waals surface area contributed by atoms with Crippen LogP contribution in [0.3, 0.4) is 0 Å². The molecular formula is C23H20N6O4. The Balaban J connectivity index is 1.30. The maximum absolute atomic E-state index is 12.5. The summed E-state index contributed by atoms with van der Waals surface area (Å²) in [6.07, 6.45) is 1.25. The Hall–Kier alpha value is -4.47. The van der Waals surface area contributed by atoms with Gasteiger partial charge in [-0.05, 0) is 37.3 Å². The minimum absolute atomic E-state index is 0.102. The van der Waals surface area contributed by atoms with Gasteiger partial charge in [0, 0.05) is 18.5 Å². The zero-order valence-electron chi connectivity index (χ0n) is 17.7. The second kappa shape index (κ2) is 8.23. The molecule has 0 spiro atoms. The molecule has 0 saturated carbocycles. The Morgan fingerprint density at radius 1 is 1.18 bits per heavy atom. The zero-order chi connectivity index (χ0) is 22.9. The first-order chi connectivity index (χ1) is 16.0. The molecule has 3 heterocycles. The van der Waals surface area contributed by atoms with Gasteiger partial charge >= 0.3 is 0 Å². The first kappa shape index (κ1) is 20.4. The van der Waals surface area contributed by atoms with E-state index in [-0.39, 0.29) is 30.2 Å². The summed E-state index contributed by atoms with van der Waals surface area (Å²) in [5.74, 6) is 0.433. The Bertz CT molecular complexity index is 1430. The lowest BCUT2D eigenvalue weighted by Gasteiger charge is -2.23. The fourth-order valence-corrected chi connectivity index (χ4v) is 3.58. The summed E-state index contributed by atoms with van der Waals surface area (Å²) in [6.45, 7) is 1.66. The molecule has 166 valence electrons. The Kier molecular flexibility index (Phi) is 5.09. The number of ether oxygens (including phenoxy) is 1. The number of nitrogens with zero attached hydrogens (tertiary/aromatic N) is 3. The van der Waals surface area contributed by atoms with Gasteiger partial charge in [0.05, 0.1) is 17.6 Å². The van der Waals surface area contributed by atoms with E-state index in [1.165, 1.54) is 6.20 Å². The van der Waals surface area contributed by atoms with Crippen LogP contribution < -0.4 is 20.9 Å². The molecule has 1 atom stereocenters. The fourth-order valence-electron chi connectivity index (χ4n) is 3.58. The third-order valence-corrected chi connectivity index (χ3v) is 5.27. The van der Waals surface area contributed by atoms with E-state index in [9.17, 15) is 14.4 Å². The molecule has 0 unspecified atom stereocenters. The summed E-state index contributed by atoms with van der Waals surface area (Å²) >= 11 is 0. The number of hydrogen-bond donors (Lipinski definition) is 3. The van der Waals surface area contributed by atoms with E-state index < -0.39 is 6.10 Å². The number of aromatic amines is 1. The topological polar surface area (TPSA) is 131 Å². The Morgan fingerprint density at radius 3 is 2.82 bits per heavy atom. The highest BCUT2D eigenvalue weighted by Crippen LogP contribution is 2.32. The highest BCUT2D eigenvalue weighted by Gasteiger charge is 2.23. The molecule has 2 aromatic heterocycles. The third kappa shape index (κ3) is 4.05. The summed E-state index contributed by atoms with van der Waals surface area (Å²) < 4.78 is 7.11. The summed E-state index contributed by atoms with van der Waals surface area (Å²) in [5.41, 5.74) is 1.93. The highest BCUT2D eigenvalue weighted by atomic mass is 16.5. The molecule has 0 fully saturated rings. The lowest BCUT2D eigenvalue weighted by Crippen LogP contribution is -2.34. The third-order valence-electron chi connectivity index (χ3n) is 5.27. The molecule has 0 bridgehead atoms. The number of fused-ring (bicyclic) bond motifs is 2. The molecule has 10 heteroatoms. The maximum atomic E-state index is 12.5. The van der Waals surface area contributed by atoms with E-state index in [1.807, 2.05) is 30.3 Å². The fraction of sp³-hybridized carbons (Fsp3) is 0.174. The van der Waals surface area contributed by atoms with Crippen LogP contribution in [0.2, 0.25) is 0 Å². The standard InChI is InChI=1S/C23H20N6O4/c1-13-22(31)26-17-11-14(7-8-18(17)33-13)25-20(30)10-9-19-27-21-16(23(32)28-19)12-24-29(21)15-5-3-2-4-6-15/h2-8,11-13H,9-10H2,1H3,(H,25,30)(H,26,31)(H,27,28,32)/t13-/m1/s1. The molecule has 2 amide bonds. The first-order valence-corrected chi connectivity index (χ1v) is 10.4. The van der Waals surface area contributed by atoms with Gasteiger partial charge in [-0.1, -0.05) is 18.2 Å². The number of rotatable bonds is 5. The van der Waals surface area contributed by atoms with Crippen LogP contribution in [0, 0.1) is 0 Å². The van der Waals surface area contributed by atoms with E-state index in [1.54, 1.807) is 29.8 Å². The van der Waals surface area contributed by atoms with Crippen LogP contribution in [0.5, 0.6) is 5.75 Å². The molecule has 5 rings (SSSR count). The number of aromatic nitrogens is 4. The van der Waals surface area contributed by atoms with Crippen molar-refractivity contribution in [2.45, 2.75) is 25.9 Å². The van der Waals surface area contributed by atoms with E-state index in [0.29, 0.717) is 34.0 Å². The van der Waals surface area contributed by atoms with Crippen molar-refractivity contribution in [2.24, 2.45) is 0 Å². The number of carbonyl (C=O) groups excluding carboxylic acids is 2. The van der Waals surface area contributed by atoms with E-state index >= 15 is 0 Å². The SMILES string of the molecule is C[C@H]1Oc2ccc(NC(=O)CCc3nc4c(cnn4-c4ccccc4)c(=O)[nH]3)cc2NC1=O. The average molecular weight is 444 g/mol. The van der Waals surface area contributed by atoms with E-state index in [4.69, 9.17) is 4.74 Å². The largest absolute Gasteiger partial charge is 0.479 e. The molecule has 0 radical (unpaired) electrons. The summed E-state index contributed by atoms with van der Waals surface area (Å²) in [7, 11) is 0. The second-order valence-corrected chi connectivity index (χ2v) is 7.65. The first-order valence-electron chi connectivity index (χ1n) is 10.4. The van der Waals surface area contributed by atoms with Crippen molar-refractivity contribution in [3.8, 4) is 11.4 Å². The molecule has 1 aliphatic heterocycles. The number of nitrogens with one attached hydrogen (secondary N) is 3. The van der Waals surface area contributed by atoms with E-state index in [2.05, 4.69) is 25.7 Å². The number of anilines is 2. The number of benzene rings is 2. The number of aryl methyl sites for hydroxylation is 1.